The number of halogens is 1. The van der Waals surface area contributed by atoms with Crippen LogP contribution in [0.5, 0.6) is 0 Å². The number of benzene rings is 2. The van der Waals surface area contributed by atoms with Gasteiger partial charge in [-0.25, -0.2) is 19.0 Å². The van der Waals surface area contributed by atoms with Gasteiger partial charge >= 0.3 is 0 Å². The van der Waals surface area contributed by atoms with E-state index in [0.717, 1.165) is 84.3 Å². The van der Waals surface area contributed by atoms with E-state index in [4.69, 9.17) is 15.5 Å². The Morgan fingerprint density at radius 3 is 2.45 bits per heavy atom. The number of primary amides is 1. The second-order valence-electron chi connectivity index (χ2n) is 14.9. The molecule has 11 nitrogen and oxygen atoms in total. The number of pyridine rings is 2. The molecule has 3 N–H and O–H groups in total. The minimum absolute atomic E-state index is 0.00110. The predicted molar refractivity (Wildman–Crippen MR) is 212 cm³/mol. The van der Waals surface area contributed by atoms with Crippen LogP contribution < -0.4 is 11.1 Å². The highest BCUT2D eigenvalue weighted by Crippen LogP contribution is 2.34. The van der Waals surface area contributed by atoms with Gasteiger partial charge in [0.1, 0.15) is 17.2 Å². The zero-order chi connectivity index (χ0) is 38.5. The van der Waals surface area contributed by atoms with E-state index in [1.807, 2.05) is 36.0 Å². The monoisotopic (exact) mass is 746 g/mol. The number of aryl methyl sites for hydroxylation is 2. The van der Waals surface area contributed by atoms with Crippen molar-refractivity contribution in [2.24, 2.45) is 11.7 Å². The topological polar surface area (TPSA) is 132 Å². The molecule has 0 aliphatic carbocycles. The fourth-order valence-corrected chi connectivity index (χ4v) is 7.90. The Hall–Kier alpha value is -5.20. The summed E-state index contributed by atoms with van der Waals surface area (Å²) in [5, 5.41) is 9.34. The van der Waals surface area contributed by atoms with Crippen molar-refractivity contribution >= 4 is 28.5 Å². The Morgan fingerprint density at radius 1 is 0.945 bits per heavy atom. The molecule has 5 heterocycles. The van der Waals surface area contributed by atoms with Gasteiger partial charge in [-0.05, 0) is 112 Å². The number of nitrogens with one attached hydrogen (secondary N) is 1. The molecular formula is C43H51FN8O3. The summed E-state index contributed by atoms with van der Waals surface area (Å²) in [7, 11) is 2.17. The summed E-state index contributed by atoms with van der Waals surface area (Å²) in [5.74, 6) is -0.834. The lowest BCUT2D eigenvalue weighted by molar-refractivity contribution is 0.0723. The van der Waals surface area contributed by atoms with Gasteiger partial charge in [0.15, 0.2) is 5.65 Å². The second-order valence-corrected chi connectivity index (χ2v) is 14.9. The van der Waals surface area contributed by atoms with Crippen LogP contribution in [0.15, 0.2) is 66.9 Å². The molecule has 288 valence electrons. The number of rotatable bonds is 13. The fraction of sp³-hybridized carbons (Fsp3) is 0.419. The zero-order valence-corrected chi connectivity index (χ0v) is 32.1. The normalized spacial score (nSPS) is 15.7. The van der Waals surface area contributed by atoms with Gasteiger partial charge in [-0.3, -0.25) is 9.59 Å². The molecular weight excluding hydrogens is 696 g/mol. The number of aromatic nitrogens is 4. The molecule has 2 saturated heterocycles. The van der Waals surface area contributed by atoms with E-state index in [1.54, 1.807) is 23.1 Å². The zero-order valence-electron chi connectivity index (χ0n) is 32.1. The minimum atomic E-state index is -0.721. The summed E-state index contributed by atoms with van der Waals surface area (Å²) in [6.07, 6.45) is 7.42. The second kappa shape index (κ2) is 17.1. The molecule has 3 aromatic heterocycles. The molecule has 12 heteroatoms. The first-order chi connectivity index (χ1) is 26.7. The van der Waals surface area contributed by atoms with Crippen LogP contribution in [-0.2, 0) is 37.2 Å². The number of fused-ring (bicyclic) bond motifs is 1. The van der Waals surface area contributed by atoms with Crippen molar-refractivity contribution in [1.82, 2.24) is 29.5 Å². The molecule has 0 saturated carbocycles. The number of likely N-dealkylation sites (tertiary alicyclic amines) is 1. The molecule has 2 amide bonds. The first kappa shape index (κ1) is 38.1. The Labute approximate surface area is 322 Å². The summed E-state index contributed by atoms with van der Waals surface area (Å²) < 4.78 is 23.2. The lowest BCUT2D eigenvalue weighted by Gasteiger charge is -2.29. The molecule has 0 spiro atoms. The molecule has 7 rings (SSSR count). The third kappa shape index (κ3) is 8.71. The number of ether oxygens (including phenoxy) is 1. The van der Waals surface area contributed by atoms with Gasteiger partial charge in [-0.15, -0.1) is 0 Å². The number of carbonyl (C=O) groups excluding carboxylic acids is 2. The summed E-state index contributed by atoms with van der Waals surface area (Å²) in [6.45, 7) is 8.60. The lowest BCUT2D eigenvalue weighted by atomic mass is 9.89. The smallest absolute Gasteiger partial charge is 0.273 e. The van der Waals surface area contributed by atoms with Crippen LogP contribution in [0.2, 0.25) is 0 Å². The van der Waals surface area contributed by atoms with Gasteiger partial charge in [0.25, 0.3) is 11.8 Å². The average molecular weight is 747 g/mol. The summed E-state index contributed by atoms with van der Waals surface area (Å²) in [6, 6.07) is 18.1. The lowest BCUT2D eigenvalue weighted by Crippen LogP contribution is -2.33. The Morgan fingerprint density at radius 2 is 1.71 bits per heavy atom. The number of hydrogen-bond donors (Lipinski definition) is 2. The van der Waals surface area contributed by atoms with E-state index in [9.17, 15) is 9.59 Å². The van der Waals surface area contributed by atoms with Crippen LogP contribution in [0, 0.1) is 11.7 Å². The van der Waals surface area contributed by atoms with Crippen LogP contribution in [0.3, 0.4) is 0 Å². The van der Waals surface area contributed by atoms with Crippen molar-refractivity contribution in [2.75, 3.05) is 38.7 Å². The van der Waals surface area contributed by atoms with Crippen LogP contribution in [0.25, 0.3) is 22.2 Å². The average Bonchev–Trinajstić information content (AvgIpc) is 3.63. The van der Waals surface area contributed by atoms with Gasteiger partial charge < -0.3 is 25.6 Å². The fourth-order valence-electron chi connectivity index (χ4n) is 7.90. The van der Waals surface area contributed by atoms with Gasteiger partial charge in [-0.2, -0.15) is 5.10 Å². The number of anilines is 1. The van der Waals surface area contributed by atoms with E-state index >= 15 is 4.39 Å². The third-order valence-corrected chi connectivity index (χ3v) is 11.0. The van der Waals surface area contributed by atoms with Crippen molar-refractivity contribution in [3.05, 3.63) is 106 Å². The standard InChI is InChI=1S/C43H51FN8O3/c1-4-37-35(40(47-32-16-20-55-21-17-32)34-25-46-52(5-2)42(34)49-37)27-51(43(54)39-11-7-10-38(48-39)41(45)53)26-30-12-13-36(44)33(24-30)31-9-6-8-29(23-31)22-28-14-18-50(3)19-15-28/h6-13,23-25,28,32H,4-5,14-22,26-27H2,1-3H3,(H2,45,53)(H,47,49). The summed E-state index contributed by atoms with van der Waals surface area (Å²) >= 11 is 0. The molecule has 0 atom stereocenters. The van der Waals surface area contributed by atoms with Gasteiger partial charge in [-0.1, -0.05) is 43.3 Å². The van der Waals surface area contributed by atoms with Gasteiger partial charge in [0.2, 0.25) is 0 Å². The molecule has 5 aromatic rings. The van der Waals surface area contributed by atoms with E-state index in [-0.39, 0.29) is 36.3 Å². The van der Waals surface area contributed by atoms with Crippen LogP contribution in [0.1, 0.15) is 82.9 Å². The van der Waals surface area contributed by atoms with Crippen molar-refractivity contribution in [3.8, 4) is 11.1 Å². The van der Waals surface area contributed by atoms with E-state index in [0.29, 0.717) is 37.7 Å². The van der Waals surface area contributed by atoms with E-state index in [2.05, 4.69) is 46.4 Å². The molecule has 2 aromatic carbocycles. The maximum Gasteiger partial charge on any atom is 0.273 e. The largest absolute Gasteiger partial charge is 0.381 e. The Balaban J connectivity index is 1.27. The molecule has 2 aliphatic heterocycles. The first-order valence-corrected chi connectivity index (χ1v) is 19.5. The molecule has 55 heavy (non-hydrogen) atoms. The minimum Gasteiger partial charge on any atom is -0.381 e. The highest BCUT2D eigenvalue weighted by molar-refractivity contribution is 5.96. The molecule has 0 bridgehead atoms. The van der Waals surface area contributed by atoms with E-state index < -0.39 is 11.8 Å². The molecule has 2 aliphatic rings. The SMILES string of the molecule is CCc1nc2c(cnn2CC)c(NC2CCOCC2)c1CN(Cc1ccc(F)c(-c2cccc(CC3CCN(C)CC3)c2)c1)C(=O)c1cccc(C(N)=O)n1. The van der Waals surface area contributed by atoms with Crippen LogP contribution in [-0.4, -0.2) is 80.8 Å². The molecule has 0 radical (unpaired) electrons. The number of hydrogen-bond acceptors (Lipinski definition) is 8. The Bertz CT molecular complexity index is 2160. The van der Waals surface area contributed by atoms with Crippen molar-refractivity contribution in [2.45, 2.75) is 78.0 Å². The van der Waals surface area contributed by atoms with Gasteiger partial charge in [0, 0.05) is 49.2 Å². The Kier molecular flexibility index (Phi) is 11.8. The number of piperidine rings is 1. The van der Waals surface area contributed by atoms with E-state index in [1.165, 1.54) is 17.7 Å². The summed E-state index contributed by atoms with van der Waals surface area (Å²) in [4.78, 5) is 40.2. The quantitative estimate of drug-likeness (QED) is 0.137. The maximum absolute atomic E-state index is 15.7. The highest BCUT2D eigenvalue weighted by atomic mass is 19.1. The third-order valence-electron chi connectivity index (χ3n) is 11.0. The summed E-state index contributed by atoms with van der Waals surface area (Å²) in [5.41, 5.74) is 12.3. The predicted octanol–water partition coefficient (Wildman–Crippen LogP) is 6.63. The first-order valence-electron chi connectivity index (χ1n) is 19.5. The van der Waals surface area contributed by atoms with Crippen molar-refractivity contribution in [3.63, 3.8) is 0 Å². The van der Waals surface area contributed by atoms with Crippen LogP contribution >= 0.6 is 0 Å². The maximum atomic E-state index is 15.7. The molecule has 0 unspecified atom stereocenters. The van der Waals surface area contributed by atoms with Crippen LogP contribution in [0.4, 0.5) is 10.1 Å². The number of nitrogens with two attached hydrogens (primary N) is 1. The number of nitrogens with zero attached hydrogens (tertiary/aromatic N) is 6. The highest BCUT2D eigenvalue weighted by Gasteiger charge is 2.27. The van der Waals surface area contributed by atoms with Gasteiger partial charge in [0.05, 0.1) is 23.8 Å². The number of carbonyl (C=O) groups is 2. The number of amides is 2. The van der Waals surface area contributed by atoms with Crippen molar-refractivity contribution in [1.29, 1.82) is 0 Å². The van der Waals surface area contributed by atoms with Crippen molar-refractivity contribution < 1.29 is 18.7 Å². The molecule has 2 fully saturated rings.